The zero-order valence-electron chi connectivity index (χ0n) is 20.7. The summed E-state index contributed by atoms with van der Waals surface area (Å²) in [4.78, 5) is 42.7. The van der Waals surface area contributed by atoms with Gasteiger partial charge < -0.3 is 14.5 Å². The van der Waals surface area contributed by atoms with E-state index in [1.54, 1.807) is 11.2 Å². The smallest absolute Gasteiger partial charge is 0.254 e. The Morgan fingerprint density at radius 2 is 1.57 bits per heavy atom. The molecule has 9 nitrogen and oxygen atoms in total. The van der Waals surface area contributed by atoms with Crippen molar-refractivity contribution in [2.45, 2.75) is 13.5 Å². The Kier molecular flexibility index (Phi) is 7.21. The summed E-state index contributed by atoms with van der Waals surface area (Å²) in [6, 6.07) is 20.8. The van der Waals surface area contributed by atoms with Crippen molar-refractivity contribution in [3.8, 4) is 28.3 Å². The predicted octanol–water partition coefficient (Wildman–Crippen LogP) is 3.11. The molecule has 3 heterocycles. The fourth-order valence-electron chi connectivity index (χ4n) is 4.31. The summed E-state index contributed by atoms with van der Waals surface area (Å²) in [5.74, 6) is 1.54. The first kappa shape index (κ1) is 24.2. The fraction of sp³-hybridized carbons (Fsp3) is 0.250. The van der Waals surface area contributed by atoms with Crippen molar-refractivity contribution < 1.29 is 9.53 Å². The summed E-state index contributed by atoms with van der Waals surface area (Å²) in [5, 5.41) is 0. The number of hydrogen-bond acceptors (Lipinski definition) is 7. The van der Waals surface area contributed by atoms with Crippen molar-refractivity contribution in [3.63, 3.8) is 0 Å². The quantitative estimate of drug-likeness (QED) is 0.388. The van der Waals surface area contributed by atoms with Crippen molar-refractivity contribution in [2.24, 2.45) is 0 Å². The zero-order valence-corrected chi connectivity index (χ0v) is 20.7. The van der Waals surface area contributed by atoms with Crippen molar-refractivity contribution >= 4 is 11.7 Å². The van der Waals surface area contributed by atoms with Gasteiger partial charge in [0, 0.05) is 49.4 Å². The molecule has 0 spiro atoms. The molecule has 1 aliphatic heterocycles. The number of aromatic nitrogens is 4. The average Bonchev–Trinajstić information content (AvgIpc) is 2.95. The molecule has 0 aliphatic carbocycles. The van der Waals surface area contributed by atoms with Crippen LogP contribution >= 0.6 is 0 Å². The number of carbonyl (C=O) groups is 1. The number of benzene rings is 2. The Bertz CT molecular complexity index is 1410. The van der Waals surface area contributed by atoms with Crippen LogP contribution in [0.1, 0.15) is 6.92 Å². The van der Waals surface area contributed by atoms with E-state index in [2.05, 4.69) is 19.9 Å². The van der Waals surface area contributed by atoms with Gasteiger partial charge in [-0.3, -0.25) is 14.2 Å². The Morgan fingerprint density at radius 1 is 0.865 bits per heavy atom. The van der Waals surface area contributed by atoms with Gasteiger partial charge in [0.2, 0.25) is 5.91 Å². The molecule has 1 saturated heterocycles. The number of hydrogen-bond donors (Lipinski definition) is 0. The van der Waals surface area contributed by atoms with Gasteiger partial charge in [0.05, 0.1) is 24.3 Å². The standard InChI is InChI=1S/C28H28N6O3/c1-2-37-23-10-8-22(9-11-23)24-16-26(30-19-29-24)32-12-14-33(15-13-32)28(36)18-34-20-31-25(17-27(34)35)21-6-4-3-5-7-21/h3-11,16-17,19-20H,2,12-15,18H2,1H3. The normalized spacial score (nSPS) is 13.4. The molecule has 9 heteroatoms. The fourth-order valence-corrected chi connectivity index (χ4v) is 4.31. The maximum absolute atomic E-state index is 12.9. The highest BCUT2D eigenvalue weighted by atomic mass is 16.5. The summed E-state index contributed by atoms with van der Waals surface area (Å²) < 4.78 is 6.87. The minimum absolute atomic E-state index is 0.0314. The molecular formula is C28H28N6O3. The Labute approximate surface area is 215 Å². The number of amides is 1. The number of rotatable bonds is 7. The van der Waals surface area contributed by atoms with Crippen molar-refractivity contribution in [3.05, 3.63) is 89.7 Å². The average molecular weight is 497 g/mol. The second-order valence-corrected chi connectivity index (χ2v) is 8.69. The topological polar surface area (TPSA) is 93.5 Å². The predicted molar refractivity (Wildman–Crippen MR) is 141 cm³/mol. The molecule has 0 saturated carbocycles. The van der Waals surface area contributed by atoms with Gasteiger partial charge in [0.25, 0.3) is 5.56 Å². The van der Waals surface area contributed by atoms with Crippen LogP contribution in [0.25, 0.3) is 22.5 Å². The van der Waals surface area contributed by atoms with Crippen LogP contribution in [0, 0.1) is 0 Å². The third kappa shape index (κ3) is 5.66. The Balaban J connectivity index is 1.19. The third-order valence-electron chi connectivity index (χ3n) is 6.32. The first-order valence-corrected chi connectivity index (χ1v) is 12.3. The number of ether oxygens (including phenoxy) is 1. The third-order valence-corrected chi connectivity index (χ3v) is 6.32. The number of anilines is 1. The van der Waals surface area contributed by atoms with Gasteiger partial charge in [-0.1, -0.05) is 30.3 Å². The minimum atomic E-state index is -0.247. The molecule has 0 unspecified atom stereocenters. The van der Waals surface area contributed by atoms with Crippen LogP contribution in [0.3, 0.4) is 0 Å². The van der Waals surface area contributed by atoms with E-state index in [4.69, 9.17) is 4.74 Å². The van der Waals surface area contributed by atoms with Gasteiger partial charge in [-0.15, -0.1) is 0 Å². The van der Waals surface area contributed by atoms with Gasteiger partial charge in [0.15, 0.2) is 0 Å². The van der Waals surface area contributed by atoms with Crippen molar-refractivity contribution in [2.75, 3.05) is 37.7 Å². The van der Waals surface area contributed by atoms with Crippen LogP contribution in [0.5, 0.6) is 5.75 Å². The second-order valence-electron chi connectivity index (χ2n) is 8.69. The molecule has 0 N–H and O–H groups in total. The molecule has 1 amide bonds. The Morgan fingerprint density at radius 3 is 2.27 bits per heavy atom. The lowest BCUT2D eigenvalue weighted by Gasteiger charge is -2.35. The number of piperazine rings is 1. The van der Waals surface area contributed by atoms with E-state index in [1.165, 1.54) is 17.0 Å². The molecule has 0 radical (unpaired) electrons. The van der Waals surface area contributed by atoms with E-state index in [1.807, 2.05) is 67.6 Å². The highest BCUT2D eigenvalue weighted by molar-refractivity contribution is 5.76. The summed E-state index contributed by atoms with van der Waals surface area (Å²) in [6.45, 7) is 4.93. The van der Waals surface area contributed by atoms with E-state index >= 15 is 0 Å². The van der Waals surface area contributed by atoms with Crippen molar-refractivity contribution in [1.82, 2.24) is 24.4 Å². The van der Waals surface area contributed by atoms with Gasteiger partial charge >= 0.3 is 0 Å². The van der Waals surface area contributed by atoms with Crippen LogP contribution in [0.4, 0.5) is 5.82 Å². The minimum Gasteiger partial charge on any atom is -0.494 e. The van der Waals surface area contributed by atoms with E-state index in [-0.39, 0.29) is 18.0 Å². The molecule has 2 aromatic heterocycles. The van der Waals surface area contributed by atoms with Crippen LogP contribution in [-0.4, -0.2) is 63.1 Å². The van der Waals surface area contributed by atoms with Gasteiger partial charge in [-0.2, -0.15) is 0 Å². The molecule has 2 aromatic carbocycles. The lowest BCUT2D eigenvalue weighted by molar-refractivity contribution is -0.132. The first-order valence-electron chi connectivity index (χ1n) is 12.3. The molecule has 1 fully saturated rings. The molecular weight excluding hydrogens is 468 g/mol. The number of carbonyl (C=O) groups excluding carboxylic acids is 1. The summed E-state index contributed by atoms with van der Waals surface area (Å²) in [5.41, 5.74) is 3.03. The van der Waals surface area contributed by atoms with Gasteiger partial charge in [-0.05, 0) is 31.2 Å². The van der Waals surface area contributed by atoms with E-state index < -0.39 is 0 Å². The van der Waals surface area contributed by atoms with Crippen LogP contribution < -0.4 is 15.2 Å². The maximum atomic E-state index is 12.9. The lowest BCUT2D eigenvalue weighted by Crippen LogP contribution is -2.50. The monoisotopic (exact) mass is 496 g/mol. The highest BCUT2D eigenvalue weighted by Crippen LogP contribution is 2.24. The van der Waals surface area contributed by atoms with Crippen molar-refractivity contribution in [1.29, 1.82) is 0 Å². The molecule has 188 valence electrons. The van der Waals surface area contributed by atoms with Crippen LogP contribution in [0.15, 0.2) is 84.2 Å². The second kappa shape index (κ2) is 11.0. The van der Waals surface area contributed by atoms with Crippen LogP contribution in [-0.2, 0) is 11.3 Å². The molecule has 37 heavy (non-hydrogen) atoms. The molecule has 0 bridgehead atoms. The maximum Gasteiger partial charge on any atom is 0.254 e. The SMILES string of the molecule is CCOc1ccc(-c2cc(N3CCN(C(=O)Cn4cnc(-c5ccccc5)cc4=O)CC3)ncn2)cc1. The van der Waals surface area contributed by atoms with Gasteiger partial charge in [-0.25, -0.2) is 15.0 Å². The van der Waals surface area contributed by atoms with Crippen LogP contribution in [0.2, 0.25) is 0 Å². The largest absolute Gasteiger partial charge is 0.494 e. The molecule has 1 aliphatic rings. The zero-order chi connectivity index (χ0) is 25.6. The van der Waals surface area contributed by atoms with Gasteiger partial charge in [0.1, 0.15) is 24.4 Å². The summed E-state index contributed by atoms with van der Waals surface area (Å²) >= 11 is 0. The number of nitrogens with zero attached hydrogens (tertiary/aromatic N) is 6. The Hall–Kier alpha value is -4.53. The lowest BCUT2D eigenvalue weighted by atomic mass is 10.1. The summed E-state index contributed by atoms with van der Waals surface area (Å²) in [7, 11) is 0. The molecule has 4 aromatic rings. The first-order chi connectivity index (χ1) is 18.1. The molecule has 5 rings (SSSR count). The van der Waals surface area contributed by atoms with E-state index in [9.17, 15) is 9.59 Å². The van der Waals surface area contributed by atoms with E-state index in [0.29, 0.717) is 38.5 Å². The van der Waals surface area contributed by atoms with E-state index in [0.717, 1.165) is 28.4 Å². The summed E-state index contributed by atoms with van der Waals surface area (Å²) in [6.07, 6.45) is 3.01. The molecule has 0 atom stereocenters. The highest BCUT2D eigenvalue weighted by Gasteiger charge is 2.23.